The third-order valence-electron chi connectivity index (χ3n) is 3.07. The molecule has 0 unspecified atom stereocenters. The molecule has 0 aliphatic carbocycles. The van der Waals surface area contributed by atoms with Crippen LogP contribution >= 0.6 is 0 Å². The fraction of sp³-hybridized carbons (Fsp3) is 0.0667. The molecule has 0 aliphatic heterocycles. The van der Waals surface area contributed by atoms with Crippen molar-refractivity contribution in [1.82, 2.24) is 9.97 Å². The number of aromatic amines is 1. The van der Waals surface area contributed by atoms with Gasteiger partial charge >= 0.3 is 12.2 Å². The van der Waals surface area contributed by atoms with Crippen molar-refractivity contribution in [3.8, 4) is 0 Å². The molecule has 2 aromatic carbocycles. The van der Waals surface area contributed by atoms with Crippen LogP contribution in [-0.4, -0.2) is 16.0 Å². The maximum atomic E-state index is 12.6. The summed E-state index contributed by atoms with van der Waals surface area (Å²) < 4.78 is 37.9. The smallest absolute Gasteiger partial charge is 0.324 e. The molecule has 5 nitrogen and oxygen atoms in total. The number of carbonyl (C=O) groups is 1. The number of hydrogen-bond acceptors (Lipinski definition) is 2. The minimum atomic E-state index is -4.47. The van der Waals surface area contributed by atoms with E-state index in [1.54, 1.807) is 18.2 Å². The molecular formula is C15H11F3N4O. The van der Waals surface area contributed by atoms with Crippen LogP contribution in [0.1, 0.15) is 5.56 Å². The maximum Gasteiger partial charge on any atom is 0.416 e. The highest BCUT2D eigenvalue weighted by atomic mass is 19.4. The van der Waals surface area contributed by atoms with Gasteiger partial charge < -0.3 is 10.3 Å². The second-order valence-corrected chi connectivity index (χ2v) is 4.76. The number of H-pyrrole nitrogens is 1. The molecule has 8 heteroatoms. The molecule has 0 saturated carbocycles. The van der Waals surface area contributed by atoms with Crippen molar-refractivity contribution in [3.05, 3.63) is 54.1 Å². The lowest BCUT2D eigenvalue weighted by Gasteiger charge is -2.09. The number of carbonyl (C=O) groups excluding carboxylic acids is 1. The Hall–Kier alpha value is -3.03. The summed E-state index contributed by atoms with van der Waals surface area (Å²) in [5.41, 5.74) is 0.608. The Morgan fingerprint density at radius 2 is 1.83 bits per heavy atom. The molecule has 3 rings (SSSR count). The summed E-state index contributed by atoms with van der Waals surface area (Å²) in [6, 6.07) is 10.9. The molecule has 0 bridgehead atoms. The zero-order valence-corrected chi connectivity index (χ0v) is 11.6. The number of urea groups is 1. The Labute approximate surface area is 128 Å². The number of imidazole rings is 1. The molecule has 0 spiro atoms. The number of para-hydroxylation sites is 2. The number of hydrogen-bond donors (Lipinski definition) is 3. The van der Waals surface area contributed by atoms with Gasteiger partial charge in [0.15, 0.2) is 0 Å². The molecule has 118 valence electrons. The van der Waals surface area contributed by atoms with Crippen LogP contribution in [0.4, 0.5) is 29.6 Å². The minimum Gasteiger partial charge on any atom is -0.324 e. The van der Waals surface area contributed by atoms with Crippen molar-refractivity contribution in [2.24, 2.45) is 0 Å². The largest absolute Gasteiger partial charge is 0.416 e. The van der Waals surface area contributed by atoms with Crippen LogP contribution in [0.15, 0.2) is 48.5 Å². The lowest BCUT2D eigenvalue weighted by Crippen LogP contribution is -2.20. The molecule has 23 heavy (non-hydrogen) atoms. The topological polar surface area (TPSA) is 69.8 Å². The lowest BCUT2D eigenvalue weighted by molar-refractivity contribution is -0.137. The zero-order chi connectivity index (χ0) is 16.4. The summed E-state index contributed by atoms with van der Waals surface area (Å²) in [4.78, 5) is 18.9. The van der Waals surface area contributed by atoms with Crippen LogP contribution in [0.25, 0.3) is 11.0 Å². The van der Waals surface area contributed by atoms with Crippen molar-refractivity contribution >= 4 is 28.7 Å². The SMILES string of the molecule is O=C(Nc1cccc(C(F)(F)F)c1)Nc1nc2ccccc2[nH]1. The van der Waals surface area contributed by atoms with Crippen molar-refractivity contribution in [2.75, 3.05) is 10.6 Å². The predicted molar refractivity (Wildman–Crippen MR) is 80.2 cm³/mol. The summed E-state index contributed by atoms with van der Waals surface area (Å²) >= 11 is 0. The molecule has 3 N–H and O–H groups in total. The molecule has 0 fully saturated rings. The molecule has 1 heterocycles. The number of nitrogens with zero attached hydrogens (tertiary/aromatic N) is 1. The Balaban J connectivity index is 1.72. The summed E-state index contributed by atoms with van der Waals surface area (Å²) in [6.07, 6.45) is -4.47. The van der Waals surface area contributed by atoms with Gasteiger partial charge in [-0.2, -0.15) is 13.2 Å². The van der Waals surface area contributed by atoms with Gasteiger partial charge in [-0.15, -0.1) is 0 Å². The van der Waals surface area contributed by atoms with Crippen LogP contribution in [0, 0.1) is 0 Å². The molecule has 1 aromatic heterocycles. The number of alkyl halides is 3. The van der Waals surface area contributed by atoms with Crippen molar-refractivity contribution in [1.29, 1.82) is 0 Å². The zero-order valence-electron chi connectivity index (χ0n) is 11.6. The van der Waals surface area contributed by atoms with Crippen LogP contribution in [0.3, 0.4) is 0 Å². The van der Waals surface area contributed by atoms with E-state index in [0.717, 1.165) is 17.6 Å². The summed E-state index contributed by atoms with van der Waals surface area (Å²) in [7, 11) is 0. The number of nitrogens with one attached hydrogen (secondary N) is 3. The van der Waals surface area contributed by atoms with Crippen LogP contribution in [0.5, 0.6) is 0 Å². The molecule has 0 atom stereocenters. The Morgan fingerprint density at radius 1 is 1.04 bits per heavy atom. The van der Waals surface area contributed by atoms with Crippen LogP contribution < -0.4 is 10.6 Å². The van der Waals surface area contributed by atoms with Gasteiger partial charge in [0.1, 0.15) is 0 Å². The van der Waals surface area contributed by atoms with Crippen molar-refractivity contribution < 1.29 is 18.0 Å². The number of anilines is 2. The van der Waals surface area contributed by atoms with E-state index in [1.165, 1.54) is 12.1 Å². The van der Waals surface area contributed by atoms with Gasteiger partial charge in [-0.3, -0.25) is 5.32 Å². The van der Waals surface area contributed by atoms with Gasteiger partial charge in [0.2, 0.25) is 5.95 Å². The third kappa shape index (κ3) is 3.42. The minimum absolute atomic E-state index is 0.0356. The first-order valence-corrected chi connectivity index (χ1v) is 6.62. The van der Waals surface area contributed by atoms with E-state index in [4.69, 9.17) is 0 Å². The highest BCUT2D eigenvalue weighted by molar-refractivity contribution is 5.99. The number of aromatic nitrogens is 2. The standard InChI is InChI=1S/C15H11F3N4O/c16-15(17,18)9-4-3-5-10(8-9)19-14(23)22-13-20-11-6-1-2-7-12(11)21-13/h1-8H,(H3,19,20,21,22,23). The van der Waals surface area contributed by atoms with Gasteiger partial charge in [0, 0.05) is 5.69 Å². The van der Waals surface area contributed by atoms with Crippen molar-refractivity contribution in [3.63, 3.8) is 0 Å². The first-order valence-electron chi connectivity index (χ1n) is 6.62. The van der Waals surface area contributed by atoms with E-state index >= 15 is 0 Å². The van der Waals surface area contributed by atoms with E-state index in [1.807, 2.05) is 6.07 Å². The molecular weight excluding hydrogens is 309 g/mol. The number of halogens is 3. The van der Waals surface area contributed by atoms with E-state index < -0.39 is 17.8 Å². The van der Waals surface area contributed by atoms with Crippen LogP contribution in [0.2, 0.25) is 0 Å². The highest BCUT2D eigenvalue weighted by Gasteiger charge is 2.30. The normalized spacial score (nSPS) is 11.4. The molecule has 0 aliphatic rings. The van der Waals surface area contributed by atoms with Crippen LogP contribution in [-0.2, 0) is 6.18 Å². The second-order valence-electron chi connectivity index (χ2n) is 4.76. The lowest BCUT2D eigenvalue weighted by atomic mass is 10.2. The molecule has 2 amide bonds. The quantitative estimate of drug-likeness (QED) is 0.661. The number of fused-ring (bicyclic) bond motifs is 1. The first-order chi connectivity index (χ1) is 10.9. The molecule has 0 radical (unpaired) electrons. The predicted octanol–water partition coefficient (Wildman–Crippen LogP) is 4.23. The van der Waals surface area contributed by atoms with Gasteiger partial charge in [-0.1, -0.05) is 18.2 Å². The second kappa shape index (κ2) is 5.64. The highest BCUT2D eigenvalue weighted by Crippen LogP contribution is 2.30. The first kappa shape index (κ1) is 14.9. The number of amides is 2. The Bertz CT molecular complexity index is 824. The number of rotatable bonds is 2. The van der Waals surface area contributed by atoms with Gasteiger partial charge in [-0.25, -0.2) is 9.78 Å². The molecule has 0 saturated heterocycles. The fourth-order valence-electron chi connectivity index (χ4n) is 2.06. The third-order valence-corrected chi connectivity index (χ3v) is 3.07. The van der Waals surface area contributed by atoms with Gasteiger partial charge in [0.05, 0.1) is 16.6 Å². The maximum absolute atomic E-state index is 12.6. The average molecular weight is 320 g/mol. The Kier molecular flexibility index (Phi) is 3.65. The fourth-order valence-corrected chi connectivity index (χ4v) is 2.06. The van der Waals surface area contributed by atoms with E-state index in [-0.39, 0.29) is 11.6 Å². The van der Waals surface area contributed by atoms with E-state index in [9.17, 15) is 18.0 Å². The summed E-state index contributed by atoms with van der Waals surface area (Å²) in [5.74, 6) is 0.204. The summed E-state index contributed by atoms with van der Waals surface area (Å²) in [6.45, 7) is 0. The summed E-state index contributed by atoms with van der Waals surface area (Å²) in [5, 5.41) is 4.78. The van der Waals surface area contributed by atoms with E-state index in [2.05, 4.69) is 20.6 Å². The van der Waals surface area contributed by atoms with Crippen molar-refractivity contribution in [2.45, 2.75) is 6.18 Å². The van der Waals surface area contributed by atoms with Gasteiger partial charge in [0.25, 0.3) is 0 Å². The average Bonchev–Trinajstić information content (AvgIpc) is 2.88. The Morgan fingerprint density at radius 3 is 2.57 bits per heavy atom. The monoisotopic (exact) mass is 320 g/mol. The van der Waals surface area contributed by atoms with Gasteiger partial charge in [-0.05, 0) is 30.3 Å². The number of benzene rings is 2. The molecule has 3 aromatic rings. The van der Waals surface area contributed by atoms with E-state index in [0.29, 0.717) is 5.52 Å².